The van der Waals surface area contributed by atoms with Crippen molar-refractivity contribution in [2.24, 2.45) is 23.5 Å². The van der Waals surface area contributed by atoms with Crippen molar-refractivity contribution in [1.29, 1.82) is 0 Å². The lowest BCUT2D eigenvalue weighted by Gasteiger charge is -2.38. The van der Waals surface area contributed by atoms with Crippen LogP contribution in [0.4, 0.5) is 13.2 Å². The summed E-state index contributed by atoms with van der Waals surface area (Å²) in [6.07, 6.45) is -2.52. The molecule has 1 aromatic rings. The number of benzene rings is 1. The molecule has 2 fully saturated rings. The van der Waals surface area contributed by atoms with E-state index in [0.717, 1.165) is 25.0 Å². The van der Waals surface area contributed by atoms with E-state index in [1.165, 1.54) is 10.4 Å². The second-order valence-corrected chi connectivity index (χ2v) is 11.9. The standard InChI is InChI=1S/C23H34F3N3O3S/c1-14(2)10-20(27)22(30)29(15(3)4)21-9-8-16-12-28(13-19(16)21)33(31,32)18-7-5-6-17(11-18)23(24,25)26/h5-7,11,14-16,19-21H,8-10,12-13,27H2,1-4H3/t16-,19+,20+,21+/m1/s1. The van der Waals surface area contributed by atoms with Crippen LogP contribution in [-0.2, 0) is 21.0 Å². The second kappa shape index (κ2) is 9.54. The average Bonchev–Trinajstić information content (AvgIpc) is 3.29. The number of rotatable bonds is 7. The Bertz CT molecular complexity index is 965. The van der Waals surface area contributed by atoms with Gasteiger partial charge < -0.3 is 10.6 Å². The number of sulfonamides is 1. The third-order valence-electron chi connectivity index (χ3n) is 6.80. The van der Waals surface area contributed by atoms with Crippen molar-refractivity contribution in [3.63, 3.8) is 0 Å². The predicted molar refractivity (Wildman–Crippen MR) is 120 cm³/mol. The van der Waals surface area contributed by atoms with Gasteiger partial charge >= 0.3 is 6.18 Å². The molecule has 0 radical (unpaired) electrons. The van der Waals surface area contributed by atoms with E-state index in [9.17, 15) is 26.4 Å². The van der Waals surface area contributed by atoms with Gasteiger partial charge in [-0.25, -0.2) is 8.42 Å². The molecule has 1 saturated carbocycles. The molecule has 2 N–H and O–H groups in total. The van der Waals surface area contributed by atoms with Gasteiger partial charge in [0.15, 0.2) is 0 Å². The summed E-state index contributed by atoms with van der Waals surface area (Å²) in [6.45, 7) is 8.30. The highest BCUT2D eigenvalue weighted by molar-refractivity contribution is 7.89. The number of nitrogens with two attached hydrogens (primary N) is 1. The minimum Gasteiger partial charge on any atom is -0.336 e. The fourth-order valence-corrected chi connectivity index (χ4v) is 6.90. The SMILES string of the molecule is CC(C)C[C@H](N)C(=O)N(C(C)C)[C@H]1CC[C@@H]2CN(S(=O)(=O)c3cccc(C(F)(F)F)c3)C[C@@H]21. The van der Waals surface area contributed by atoms with Gasteiger partial charge in [0, 0.05) is 25.2 Å². The molecule has 10 heteroatoms. The Morgan fingerprint density at radius 2 is 1.85 bits per heavy atom. The zero-order valence-electron chi connectivity index (χ0n) is 19.5. The first-order valence-corrected chi connectivity index (χ1v) is 12.9. The first-order valence-electron chi connectivity index (χ1n) is 11.5. The molecule has 1 aliphatic heterocycles. The van der Waals surface area contributed by atoms with Crippen molar-refractivity contribution in [3.8, 4) is 0 Å². The molecule has 33 heavy (non-hydrogen) atoms. The molecular formula is C23H34F3N3O3S. The van der Waals surface area contributed by atoms with Crippen LogP contribution in [0.15, 0.2) is 29.2 Å². The molecule has 1 saturated heterocycles. The minimum atomic E-state index is -4.62. The van der Waals surface area contributed by atoms with Crippen molar-refractivity contribution < 1.29 is 26.4 Å². The molecular weight excluding hydrogens is 455 g/mol. The molecule has 4 atom stereocenters. The molecule has 6 nitrogen and oxygen atoms in total. The first kappa shape index (κ1) is 26.0. The van der Waals surface area contributed by atoms with Crippen LogP contribution in [-0.4, -0.2) is 54.7 Å². The lowest BCUT2D eigenvalue weighted by atomic mass is 9.94. The monoisotopic (exact) mass is 489 g/mol. The largest absolute Gasteiger partial charge is 0.416 e. The molecule has 0 aromatic heterocycles. The number of hydrogen-bond acceptors (Lipinski definition) is 4. The molecule has 1 aliphatic carbocycles. The highest BCUT2D eigenvalue weighted by Crippen LogP contribution is 2.43. The van der Waals surface area contributed by atoms with Crippen molar-refractivity contribution in [2.45, 2.75) is 76.2 Å². The number of hydrogen-bond donors (Lipinski definition) is 1. The quantitative estimate of drug-likeness (QED) is 0.633. The smallest absolute Gasteiger partial charge is 0.336 e. The maximum absolute atomic E-state index is 13.2. The normalized spacial score (nSPS) is 25.0. The molecule has 186 valence electrons. The highest BCUT2D eigenvalue weighted by Gasteiger charge is 2.50. The Labute approximate surface area is 194 Å². The first-order chi connectivity index (χ1) is 15.2. The number of alkyl halides is 3. The van der Waals surface area contributed by atoms with Gasteiger partial charge in [-0.15, -0.1) is 0 Å². The number of halogens is 3. The predicted octanol–water partition coefficient (Wildman–Crippen LogP) is 3.71. The number of nitrogens with zero attached hydrogens (tertiary/aromatic N) is 2. The van der Waals surface area contributed by atoms with Crippen LogP contribution >= 0.6 is 0 Å². The Hall–Kier alpha value is -1.65. The Morgan fingerprint density at radius 1 is 1.18 bits per heavy atom. The Balaban J connectivity index is 1.82. The summed E-state index contributed by atoms with van der Waals surface area (Å²) in [5.41, 5.74) is 5.20. The van der Waals surface area contributed by atoms with E-state index in [2.05, 4.69) is 0 Å². The number of amides is 1. The summed E-state index contributed by atoms with van der Waals surface area (Å²) in [6, 6.07) is 3.03. The summed E-state index contributed by atoms with van der Waals surface area (Å²) in [5, 5.41) is 0. The van der Waals surface area contributed by atoms with Gasteiger partial charge in [-0.3, -0.25) is 4.79 Å². The van der Waals surface area contributed by atoms with Gasteiger partial charge in [0.1, 0.15) is 0 Å². The van der Waals surface area contributed by atoms with Crippen LogP contribution in [0.3, 0.4) is 0 Å². The topological polar surface area (TPSA) is 83.7 Å². The summed E-state index contributed by atoms with van der Waals surface area (Å²) in [7, 11) is -4.08. The van der Waals surface area contributed by atoms with Crippen molar-refractivity contribution in [2.75, 3.05) is 13.1 Å². The molecule has 3 rings (SSSR count). The summed E-state index contributed by atoms with van der Waals surface area (Å²) in [5.74, 6) is 0.145. The van der Waals surface area contributed by atoms with Crippen LogP contribution in [0.1, 0.15) is 52.5 Å². The van der Waals surface area contributed by atoms with Crippen molar-refractivity contribution >= 4 is 15.9 Å². The maximum atomic E-state index is 13.2. The lowest BCUT2D eigenvalue weighted by molar-refractivity contribution is -0.138. The zero-order valence-corrected chi connectivity index (χ0v) is 20.4. The van der Waals surface area contributed by atoms with Gasteiger partial charge in [0.05, 0.1) is 16.5 Å². The minimum absolute atomic E-state index is 0.0611. The molecule has 1 amide bonds. The summed E-state index contributed by atoms with van der Waals surface area (Å²) >= 11 is 0. The Morgan fingerprint density at radius 3 is 2.42 bits per heavy atom. The molecule has 2 aliphatic rings. The van der Waals surface area contributed by atoms with E-state index in [1.54, 1.807) is 0 Å². The summed E-state index contributed by atoms with van der Waals surface area (Å²) in [4.78, 5) is 14.7. The van der Waals surface area contributed by atoms with Gasteiger partial charge in [-0.1, -0.05) is 19.9 Å². The molecule has 1 aromatic carbocycles. The van der Waals surface area contributed by atoms with Crippen LogP contribution in [0.2, 0.25) is 0 Å². The van der Waals surface area contributed by atoms with E-state index in [4.69, 9.17) is 5.73 Å². The van der Waals surface area contributed by atoms with Crippen LogP contribution in [0.25, 0.3) is 0 Å². The van der Waals surface area contributed by atoms with Crippen LogP contribution in [0, 0.1) is 17.8 Å². The maximum Gasteiger partial charge on any atom is 0.416 e. The number of carbonyl (C=O) groups is 1. The summed E-state index contributed by atoms with van der Waals surface area (Å²) < 4.78 is 66.9. The molecule has 0 bridgehead atoms. The van der Waals surface area contributed by atoms with Crippen LogP contribution < -0.4 is 5.73 Å². The third kappa shape index (κ3) is 5.38. The number of fused-ring (bicyclic) bond motifs is 1. The van der Waals surface area contributed by atoms with Gasteiger partial charge in [-0.2, -0.15) is 17.5 Å². The van der Waals surface area contributed by atoms with E-state index in [-0.39, 0.29) is 53.7 Å². The third-order valence-corrected chi connectivity index (χ3v) is 8.62. The average molecular weight is 490 g/mol. The van der Waals surface area contributed by atoms with E-state index < -0.39 is 27.8 Å². The Kier molecular flexibility index (Phi) is 7.51. The molecule has 1 heterocycles. The van der Waals surface area contributed by atoms with Gasteiger partial charge in [0.2, 0.25) is 15.9 Å². The van der Waals surface area contributed by atoms with Crippen molar-refractivity contribution in [3.05, 3.63) is 29.8 Å². The van der Waals surface area contributed by atoms with Gasteiger partial charge in [0.25, 0.3) is 0 Å². The molecule has 0 spiro atoms. The van der Waals surface area contributed by atoms with E-state index in [0.29, 0.717) is 12.5 Å². The van der Waals surface area contributed by atoms with Crippen molar-refractivity contribution in [1.82, 2.24) is 9.21 Å². The number of carbonyl (C=O) groups excluding carboxylic acids is 1. The van der Waals surface area contributed by atoms with E-state index in [1.807, 2.05) is 32.6 Å². The van der Waals surface area contributed by atoms with Gasteiger partial charge in [-0.05, 0) is 69.1 Å². The lowest BCUT2D eigenvalue weighted by Crippen LogP contribution is -2.54. The fourth-order valence-electron chi connectivity index (χ4n) is 5.32. The highest BCUT2D eigenvalue weighted by atomic mass is 32.2. The molecule has 0 unspecified atom stereocenters. The van der Waals surface area contributed by atoms with E-state index >= 15 is 0 Å². The zero-order chi connectivity index (χ0) is 24.7. The fraction of sp³-hybridized carbons (Fsp3) is 0.696. The van der Waals surface area contributed by atoms with Crippen LogP contribution in [0.5, 0.6) is 0 Å². The second-order valence-electron chi connectivity index (χ2n) is 9.99.